The molecule has 0 amide bonds. The first kappa shape index (κ1) is 16.6. The fourth-order valence-corrected chi connectivity index (χ4v) is 3.29. The molecule has 0 N–H and O–H groups in total. The molecule has 1 aliphatic rings. The van der Waals surface area contributed by atoms with E-state index < -0.39 is 10.0 Å². The second-order valence-electron chi connectivity index (χ2n) is 5.29. The molecule has 1 aromatic rings. The highest BCUT2D eigenvalue weighted by Gasteiger charge is 2.26. The smallest absolute Gasteiger partial charge is 0.282 e. The highest BCUT2D eigenvalue weighted by Crippen LogP contribution is 2.28. The van der Waals surface area contributed by atoms with E-state index in [4.69, 9.17) is 11.6 Å². The molecule has 116 valence electrons. The van der Waals surface area contributed by atoms with Crippen molar-refractivity contribution in [2.45, 2.75) is 25.7 Å². The highest BCUT2D eigenvalue weighted by atomic mass is 35.5. The van der Waals surface area contributed by atoms with Gasteiger partial charge in [-0.1, -0.05) is 43.6 Å². The normalized spacial score (nSPS) is 18.1. The Kier molecular flexibility index (Phi) is 4.68. The Hall–Kier alpha value is -1.72. The number of hydrogen-bond donors (Lipinski definition) is 0. The van der Waals surface area contributed by atoms with Gasteiger partial charge in [-0.3, -0.25) is 4.79 Å². The van der Waals surface area contributed by atoms with E-state index in [1.165, 1.54) is 18.2 Å². The van der Waals surface area contributed by atoms with Gasteiger partial charge in [-0.25, -0.2) is 0 Å². The lowest BCUT2D eigenvalue weighted by atomic mass is 9.90. The number of halogens is 1. The molecule has 22 heavy (non-hydrogen) atoms. The predicted octanol–water partition coefficient (Wildman–Crippen LogP) is 3.49. The minimum Gasteiger partial charge on any atom is -0.288 e. The predicted molar refractivity (Wildman–Crippen MR) is 87.5 cm³/mol. The third-order valence-electron chi connectivity index (χ3n) is 3.35. The summed E-state index contributed by atoms with van der Waals surface area (Å²) in [4.78, 5) is 12.2. The van der Waals surface area contributed by atoms with E-state index in [0.717, 1.165) is 0 Å². The third-order valence-corrected chi connectivity index (χ3v) is 5.11. The maximum Gasteiger partial charge on any atom is 0.282 e. The molecule has 1 aromatic carbocycles. The molecule has 0 atom stereocenters. The number of rotatable bonds is 3. The largest absolute Gasteiger partial charge is 0.288 e. The summed E-state index contributed by atoms with van der Waals surface area (Å²) in [5.41, 5.74) is 1.03. The number of hydrogen-bond acceptors (Lipinski definition) is 3. The van der Waals surface area contributed by atoms with Crippen LogP contribution in [0.3, 0.4) is 0 Å². The molecule has 0 radical (unpaired) electrons. The first-order valence-corrected chi connectivity index (χ1v) is 8.59. The number of sulfonamides is 1. The van der Waals surface area contributed by atoms with Crippen LogP contribution in [0.5, 0.6) is 0 Å². The lowest BCUT2D eigenvalue weighted by Crippen LogP contribution is -2.19. The molecule has 0 unspecified atom stereocenters. The fourth-order valence-electron chi connectivity index (χ4n) is 2.03. The average molecular weight is 338 g/mol. The Morgan fingerprint density at radius 1 is 1.14 bits per heavy atom. The number of benzene rings is 1. The lowest BCUT2D eigenvalue weighted by molar-refractivity contribution is -0.112. The zero-order valence-electron chi connectivity index (χ0n) is 12.5. The van der Waals surface area contributed by atoms with Crippen LogP contribution in [0.2, 0.25) is 0 Å². The van der Waals surface area contributed by atoms with Crippen molar-refractivity contribution in [2.24, 2.45) is 10.3 Å². The zero-order chi connectivity index (χ0) is 16.5. The molecule has 4 nitrogen and oxygen atoms in total. The van der Waals surface area contributed by atoms with E-state index in [1.54, 1.807) is 25.1 Å². The topological polar surface area (TPSA) is 63.6 Å². The molecule has 0 aliphatic heterocycles. The van der Waals surface area contributed by atoms with Crippen molar-refractivity contribution >= 4 is 33.1 Å². The Morgan fingerprint density at radius 2 is 1.73 bits per heavy atom. The van der Waals surface area contributed by atoms with Crippen LogP contribution < -0.4 is 0 Å². The van der Waals surface area contributed by atoms with Crippen molar-refractivity contribution in [2.75, 3.05) is 0 Å². The Morgan fingerprint density at radius 3 is 2.27 bits per heavy atom. The number of carbonyl (C=O) groups is 1. The third kappa shape index (κ3) is 3.20. The summed E-state index contributed by atoms with van der Waals surface area (Å²) >= 11 is 6.04. The second-order valence-corrected chi connectivity index (χ2v) is 7.27. The van der Waals surface area contributed by atoms with E-state index in [-0.39, 0.29) is 27.3 Å². The number of nitrogens with zero attached hydrogens (tertiary/aromatic N) is 1. The molecule has 0 saturated heterocycles. The minimum atomic E-state index is -3.84. The molecule has 2 rings (SSSR count). The fraction of sp³-hybridized carbons (Fsp3) is 0.250. The van der Waals surface area contributed by atoms with Gasteiger partial charge in [-0.2, -0.15) is 12.8 Å². The van der Waals surface area contributed by atoms with Gasteiger partial charge in [0.1, 0.15) is 0 Å². The van der Waals surface area contributed by atoms with Crippen molar-refractivity contribution in [1.29, 1.82) is 0 Å². The van der Waals surface area contributed by atoms with Crippen LogP contribution in [0, 0.1) is 5.92 Å². The number of carbonyl (C=O) groups excluding carboxylic acids is 1. The SMILES string of the molecule is CC1=C(Cl)C(=O)C(C(C)C)=C/C1=N\S(=O)(=O)c1ccccc1. The second kappa shape index (κ2) is 6.18. The van der Waals surface area contributed by atoms with Crippen LogP contribution in [0.15, 0.2) is 61.9 Å². The van der Waals surface area contributed by atoms with Crippen molar-refractivity contribution in [3.8, 4) is 0 Å². The first-order valence-electron chi connectivity index (χ1n) is 6.77. The van der Waals surface area contributed by atoms with Crippen LogP contribution in [-0.2, 0) is 14.8 Å². The van der Waals surface area contributed by atoms with Gasteiger partial charge in [0.25, 0.3) is 10.0 Å². The van der Waals surface area contributed by atoms with Gasteiger partial charge in [-0.15, -0.1) is 0 Å². The van der Waals surface area contributed by atoms with E-state index in [2.05, 4.69) is 4.40 Å². The van der Waals surface area contributed by atoms with Crippen LogP contribution in [0.25, 0.3) is 0 Å². The van der Waals surface area contributed by atoms with Crippen LogP contribution >= 0.6 is 11.6 Å². The summed E-state index contributed by atoms with van der Waals surface area (Å²) < 4.78 is 28.5. The highest BCUT2D eigenvalue weighted by molar-refractivity contribution is 7.90. The van der Waals surface area contributed by atoms with Crippen molar-refractivity contribution in [1.82, 2.24) is 0 Å². The van der Waals surface area contributed by atoms with E-state index >= 15 is 0 Å². The van der Waals surface area contributed by atoms with Gasteiger partial charge < -0.3 is 0 Å². The summed E-state index contributed by atoms with van der Waals surface area (Å²) in [7, 11) is -3.84. The number of Topliss-reactive ketones (excluding diaryl/α,β-unsaturated/α-hetero) is 1. The number of allylic oxidation sites excluding steroid dienone is 4. The molecule has 0 aromatic heterocycles. The zero-order valence-corrected chi connectivity index (χ0v) is 14.1. The monoisotopic (exact) mass is 337 g/mol. The van der Waals surface area contributed by atoms with E-state index in [9.17, 15) is 13.2 Å². The molecule has 0 heterocycles. The van der Waals surface area contributed by atoms with Gasteiger partial charge in [0.05, 0.1) is 15.6 Å². The molecule has 0 spiro atoms. The standard InChI is InChI=1S/C16H16ClNO3S/c1-10(2)13-9-14(11(3)15(17)16(13)19)18-22(20,21)12-7-5-4-6-8-12/h4-10H,1-3H3/b18-14+. The summed E-state index contributed by atoms with van der Waals surface area (Å²) in [6, 6.07) is 7.93. The quantitative estimate of drug-likeness (QED) is 0.793. The molecule has 0 bridgehead atoms. The van der Waals surface area contributed by atoms with Gasteiger partial charge in [0.2, 0.25) is 5.78 Å². The molecule has 0 saturated carbocycles. The first-order chi connectivity index (χ1) is 10.2. The van der Waals surface area contributed by atoms with Crippen molar-refractivity contribution in [3.05, 3.63) is 52.6 Å². The summed E-state index contributed by atoms with van der Waals surface area (Å²) in [5, 5.41) is 0.0215. The molecule has 6 heteroatoms. The maximum absolute atomic E-state index is 12.3. The Balaban J connectivity index is 2.57. The number of ketones is 1. The van der Waals surface area contributed by atoms with Crippen molar-refractivity contribution < 1.29 is 13.2 Å². The van der Waals surface area contributed by atoms with E-state index in [0.29, 0.717) is 11.1 Å². The molecular weight excluding hydrogens is 322 g/mol. The Labute approximate surface area is 135 Å². The summed E-state index contributed by atoms with van der Waals surface area (Å²) in [6.45, 7) is 5.28. The van der Waals surface area contributed by atoms with Gasteiger partial charge in [-0.05, 0) is 36.6 Å². The van der Waals surface area contributed by atoms with Crippen molar-refractivity contribution in [3.63, 3.8) is 0 Å². The van der Waals surface area contributed by atoms with Crippen LogP contribution in [-0.4, -0.2) is 19.9 Å². The van der Waals surface area contributed by atoms with Gasteiger partial charge in [0.15, 0.2) is 0 Å². The molecular formula is C16H16ClNO3S. The lowest BCUT2D eigenvalue weighted by Gasteiger charge is -2.17. The molecule has 0 fully saturated rings. The average Bonchev–Trinajstić information content (AvgIpc) is 2.48. The minimum absolute atomic E-state index is 0.0215. The van der Waals surface area contributed by atoms with Gasteiger partial charge >= 0.3 is 0 Å². The Bertz CT molecular complexity index is 803. The summed E-state index contributed by atoms with van der Waals surface area (Å²) in [5.74, 6) is -0.343. The maximum atomic E-state index is 12.3. The van der Waals surface area contributed by atoms with Gasteiger partial charge in [0, 0.05) is 5.57 Å². The van der Waals surface area contributed by atoms with Crippen LogP contribution in [0.4, 0.5) is 0 Å². The summed E-state index contributed by atoms with van der Waals surface area (Å²) in [6.07, 6.45) is 1.51. The molecule has 1 aliphatic carbocycles. The van der Waals surface area contributed by atoms with Crippen LogP contribution in [0.1, 0.15) is 20.8 Å². The van der Waals surface area contributed by atoms with E-state index in [1.807, 2.05) is 13.8 Å².